The highest BCUT2D eigenvalue weighted by Crippen LogP contribution is 2.39. The number of benzene rings is 4. The van der Waals surface area contributed by atoms with E-state index in [9.17, 15) is 19.5 Å². The molecule has 1 aliphatic rings. The second kappa shape index (κ2) is 10.2. The highest BCUT2D eigenvalue weighted by molar-refractivity contribution is 6.36. The molecule has 202 valence electrons. The van der Waals surface area contributed by atoms with Gasteiger partial charge in [0, 0.05) is 26.9 Å². The van der Waals surface area contributed by atoms with Gasteiger partial charge in [-0.3, -0.25) is 14.4 Å². The molecule has 3 N–H and O–H groups in total. The summed E-state index contributed by atoms with van der Waals surface area (Å²) in [6.45, 7) is 0. The van der Waals surface area contributed by atoms with Crippen LogP contribution in [-0.4, -0.2) is 36.0 Å². The topological polar surface area (TPSA) is 118 Å². The Morgan fingerprint density at radius 3 is 2.10 bits per heavy atom. The maximum absolute atomic E-state index is 13.3. The average Bonchev–Trinajstić information content (AvgIpc) is 2.99. The minimum Gasteiger partial charge on any atom is -0.506 e. The summed E-state index contributed by atoms with van der Waals surface area (Å²) in [5, 5.41) is 17.3. The molecule has 0 spiro atoms. The fraction of sp³-hybridized carbons (Fsp3) is 0.0606. The highest BCUT2D eigenvalue weighted by Gasteiger charge is 2.30. The number of Topliss-reactive ketones (excluding diaryl/α,β-unsaturated/α-hetero) is 1. The largest absolute Gasteiger partial charge is 0.506 e. The van der Waals surface area contributed by atoms with Crippen molar-refractivity contribution in [3.63, 3.8) is 0 Å². The summed E-state index contributed by atoms with van der Waals surface area (Å²) >= 11 is 0. The molecule has 2 heterocycles. The number of carbonyl (C=O) groups is 2. The van der Waals surface area contributed by atoms with Gasteiger partial charge in [0.15, 0.2) is 0 Å². The van der Waals surface area contributed by atoms with Gasteiger partial charge in [0.1, 0.15) is 17.2 Å². The molecule has 0 bridgehead atoms. The van der Waals surface area contributed by atoms with E-state index in [-0.39, 0.29) is 16.9 Å². The number of aromatic hydroxyl groups is 1. The van der Waals surface area contributed by atoms with Gasteiger partial charge in [-0.1, -0.05) is 66.8 Å². The molecule has 0 atom stereocenters. The molecule has 8 heteroatoms. The van der Waals surface area contributed by atoms with Crippen LogP contribution < -0.4 is 20.3 Å². The van der Waals surface area contributed by atoms with Crippen molar-refractivity contribution < 1.29 is 24.2 Å². The molecule has 1 aromatic heterocycles. The van der Waals surface area contributed by atoms with E-state index in [2.05, 4.69) is 10.3 Å². The third kappa shape index (κ3) is 4.22. The molecule has 4 aromatic carbocycles. The van der Waals surface area contributed by atoms with Gasteiger partial charge < -0.3 is 24.9 Å². The number of aromatic amines is 1. The van der Waals surface area contributed by atoms with Crippen LogP contribution in [0.2, 0.25) is 0 Å². The number of hydrogen-bond donors (Lipinski definition) is 3. The molecule has 6 rings (SSSR count). The van der Waals surface area contributed by atoms with Crippen LogP contribution in [0.25, 0.3) is 38.5 Å². The van der Waals surface area contributed by atoms with Crippen molar-refractivity contribution in [2.45, 2.75) is 0 Å². The molecule has 0 saturated heterocycles. The Bertz CT molecular complexity index is 2070. The number of carbonyl (C=O) groups excluding carboxylic acids is 2. The number of hydrogen-bond acceptors (Lipinski definition) is 6. The van der Waals surface area contributed by atoms with Gasteiger partial charge in [0.05, 0.1) is 42.1 Å². The molecule has 8 nitrogen and oxygen atoms in total. The first-order valence-corrected chi connectivity index (χ1v) is 12.8. The lowest BCUT2D eigenvalue weighted by Gasteiger charge is -2.21. The van der Waals surface area contributed by atoms with Gasteiger partial charge in [-0.25, -0.2) is 0 Å². The van der Waals surface area contributed by atoms with E-state index in [1.807, 2.05) is 48.5 Å². The van der Waals surface area contributed by atoms with Crippen molar-refractivity contribution >= 4 is 55.9 Å². The maximum Gasteiger partial charge on any atom is 0.259 e. The Hall–Kier alpha value is -5.63. The summed E-state index contributed by atoms with van der Waals surface area (Å²) in [5.74, 6) is -0.0230. The van der Waals surface area contributed by atoms with Crippen LogP contribution in [0, 0.1) is 0 Å². The summed E-state index contributed by atoms with van der Waals surface area (Å²) < 4.78 is 11.0. The van der Waals surface area contributed by atoms with E-state index in [0.29, 0.717) is 39.0 Å². The molecule has 1 amide bonds. The SMILES string of the molecule is COc1cc2c(c3ccccc13)NC(=O)/C(=C\C=CC=Cc1c(O)c3cc(OC)c4ccccc4c3[nH]c1=O)C2=O. The molecule has 5 aromatic rings. The molecule has 41 heavy (non-hydrogen) atoms. The van der Waals surface area contributed by atoms with Gasteiger partial charge in [0.2, 0.25) is 5.78 Å². The van der Waals surface area contributed by atoms with Crippen molar-refractivity contribution in [3.05, 3.63) is 112 Å². The summed E-state index contributed by atoms with van der Waals surface area (Å²) in [6.07, 6.45) is 7.50. The minimum atomic E-state index is -0.517. The first-order chi connectivity index (χ1) is 19.9. The Morgan fingerprint density at radius 1 is 0.756 bits per heavy atom. The van der Waals surface area contributed by atoms with Crippen molar-refractivity contribution in [1.82, 2.24) is 4.98 Å². The number of methoxy groups -OCH3 is 2. The van der Waals surface area contributed by atoms with Crippen LogP contribution in [0.15, 0.2) is 95.3 Å². The van der Waals surface area contributed by atoms with Crippen LogP contribution in [0.3, 0.4) is 0 Å². The first kappa shape index (κ1) is 25.6. The van der Waals surface area contributed by atoms with Gasteiger partial charge in [-0.15, -0.1) is 0 Å². The van der Waals surface area contributed by atoms with Crippen molar-refractivity contribution in [3.8, 4) is 17.2 Å². The van der Waals surface area contributed by atoms with Crippen LogP contribution in [-0.2, 0) is 4.79 Å². The second-order valence-corrected chi connectivity index (χ2v) is 9.42. The number of H-pyrrole nitrogens is 1. The van der Waals surface area contributed by atoms with Crippen LogP contribution >= 0.6 is 0 Å². The molecule has 1 aliphatic heterocycles. The van der Waals surface area contributed by atoms with Gasteiger partial charge >= 0.3 is 0 Å². The molecular formula is C33H24N2O6. The number of ether oxygens (including phenoxy) is 2. The maximum atomic E-state index is 13.3. The minimum absolute atomic E-state index is 0.0372. The van der Waals surface area contributed by atoms with Crippen LogP contribution in [0.4, 0.5) is 5.69 Å². The molecule has 0 unspecified atom stereocenters. The third-order valence-corrected chi connectivity index (χ3v) is 7.17. The third-order valence-electron chi connectivity index (χ3n) is 7.17. The van der Waals surface area contributed by atoms with E-state index in [1.165, 1.54) is 25.3 Å². The van der Waals surface area contributed by atoms with E-state index in [4.69, 9.17) is 9.47 Å². The van der Waals surface area contributed by atoms with Crippen molar-refractivity contribution in [1.29, 1.82) is 0 Å². The summed E-state index contributed by atoms with van der Waals surface area (Å²) in [6, 6.07) is 18.1. The Labute approximate surface area is 233 Å². The fourth-order valence-electron chi connectivity index (χ4n) is 5.19. The van der Waals surface area contributed by atoms with Crippen molar-refractivity contribution in [2.24, 2.45) is 0 Å². The lowest BCUT2D eigenvalue weighted by Crippen LogP contribution is -2.27. The standard InChI is InChI=1S/C33H24N2O6/c1-40-26-16-24-28(20-12-8-6-10-18(20)26)34-32(38)22(30(24)36)14-4-3-5-15-23-31(37)25-17-27(41-2)19-11-7-9-13-21(19)29(25)35-33(23)39/h3-17H,1-2H3,(H,34,38)(H2,35,37,39)/b4-3?,15-5?,22-14-. The lowest BCUT2D eigenvalue weighted by molar-refractivity contribution is -0.112. The predicted octanol–water partition coefficient (Wildman–Crippen LogP) is 5.89. The number of anilines is 1. The van der Waals surface area contributed by atoms with Gasteiger partial charge in [-0.05, 0) is 24.3 Å². The number of amides is 1. The number of ketones is 1. The van der Waals surface area contributed by atoms with Crippen LogP contribution in [0.5, 0.6) is 17.2 Å². The summed E-state index contributed by atoms with van der Waals surface area (Å²) in [5.41, 5.74) is 0.857. The fourth-order valence-corrected chi connectivity index (χ4v) is 5.19. The van der Waals surface area contributed by atoms with Gasteiger partial charge in [0.25, 0.3) is 11.5 Å². The molecule has 0 fully saturated rings. The Morgan fingerprint density at radius 2 is 1.39 bits per heavy atom. The average molecular weight is 545 g/mol. The monoisotopic (exact) mass is 544 g/mol. The summed E-state index contributed by atoms with van der Waals surface area (Å²) in [7, 11) is 3.08. The van der Waals surface area contributed by atoms with Crippen molar-refractivity contribution in [2.75, 3.05) is 19.5 Å². The molecule has 0 aliphatic carbocycles. The Balaban J connectivity index is 1.32. The molecular weight excluding hydrogens is 520 g/mol. The smallest absolute Gasteiger partial charge is 0.259 e. The lowest BCUT2D eigenvalue weighted by atomic mass is 9.92. The van der Waals surface area contributed by atoms with Gasteiger partial charge in [-0.2, -0.15) is 0 Å². The number of allylic oxidation sites excluding steroid dienone is 4. The highest BCUT2D eigenvalue weighted by atomic mass is 16.5. The normalized spacial score (nSPS) is 14.4. The molecule has 0 saturated carbocycles. The van der Waals surface area contributed by atoms with E-state index in [1.54, 1.807) is 31.4 Å². The number of fused-ring (bicyclic) bond motifs is 6. The Kier molecular flexibility index (Phi) is 6.35. The van der Waals surface area contributed by atoms with E-state index >= 15 is 0 Å². The second-order valence-electron chi connectivity index (χ2n) is 9.42. The number of pyridine rings is 1. The number of nitrogens with one attached hydrogen (secondary N) is 2. The quantitative estimate of drug-likeness (QED) is 0.110. The number of aromatic nitrogens is 1. The van der Waals surface area contributed by atoms with Crippen LogP contribution in [0.1, 0.15) is 15.9 Å². The first-order valence-electron chi connectivity index (χ1n) is 12.8. The zero-order valence-corrected chi connectivity index (χ0v) is 22.1. The zero-order valence-electron chi connectivity index (χ0n) is 22.1. The van der Waals surface area contributed by atoms with E-state index < -0.39 is 17.2 Å². The predicted molar refractivity (Wildman–Crippen MR) is 160 cm³/mol. The number of rotatable bonds is 5. The summed E-state index contributed by atoms with van der Waals surface area (Å²) in [4.78, 5) is 41.8. The van der Waals surface area contributed by atoms with E-state index in [0.717, 1.165) is 16.2 Å². The molecule has 0 radical (unpaired) electrons. The zero-order chi connectivity index (χ0) is 28.7.